The molecule has 0 spiro atoms. The lowest BCUT2D eigenvalue weighted by Crippen LogP contribution is -2.38. The first-order valence-electron chi connectivity index (χ1n) is 6.68. The normalized spacial score (nSPS) is 14.6. The van der Waals surface area contributed by atoms with E-state index in [-0.39, 0.29) is 11.5 Å². The molecule has 1 unspecified atom stereocenters. The van der Waals surface area contributed by atoms with Gasteiger partial charge in [0.05, 0.1) is 5.60 Å². The summed E-state index contributed by atoms with van der Waals surface area (Å²) < 4.78 is 0. The number of hydrogen-bond acceptors (Lipinski definition) is 2. The topological polar surface area (TPSA) is 32.3 Å². The maximum atomic E-state index is 9.85. The third-order valence-electron chi connectivity index (χ3n) is 2.80. The Balaban J connectivity index is 2.76. The molecule has 102 valence electrons. The lowest BCUT2D eigenvalue weighted by Gasteiger charge is -2.29. The largest absolute Gasteiger partial charge is 0.389 e. The SMILES string of the molecule is CC(C)(C)CC(NCC(C)(C)O)c1ccccc1. The average Bonchev–Trinajstić information content (AvgIpc) is 2.23. The van der Waals surface area contributed by atoms with E-state index in [9.17, 15) is 5.11 Å². The number of nitrogens with one attached hydrogen (secondary N) is 1. The number of benzene rings is 1. The molecule has 0 radical (unpaired) electrons. The second-order valence-corrected chi connectivity index (χ2v) is 6.92. The van der Waals surface area contributed by atoms with Crippen molar-refractivity contribution in [3.63, 3.8) is 0 Å². The zero-order chi connectivity index (χ0) is 13.8. The molecule has 0 aromatic heterocycles. The third-order valence-corrected chi connectivity index (χ3v) is 2.80. The first-order valence-corrected chi connectivity index (χ1v) is 6.68. The molecule has 1 aromatic rings. The lowest BCUT2D eigenvalue weighted by atomic mass is 9.85. The van der Waals surface area contributed by atoms with Crippen molar-refractivity contribution in [2.75, 3.05) is 6.54 Å². The Morgan fingerprint density at radius 2 is 1.61 bits per heavy atom. The lowest BCUT2D eigenvalue weighted by molar-refractivity contribution is 0.0742. The van der Waals surface area contributed by atoms with Crippen LogP contribution in [-0.2, 0) is 0 Å². The summed E-state index contributed by atoms with van der Waals surface area (Å²) in [5, 5.41) is 13.3. The highest BCUT2D eigenvalue weighted by Gasteiger charge is 2.22. The van der Waals surface area contributed by atoms with Gasteiger partial charge in [-0.3, -0.25) is 0 Å². The summed E-state index contributed by atoms with van der Waals surface area (Å²) in [4.78, 5) is 0. The zero-order valence-electron chi connectivity index (χ0n) is 12.3. The van der Waals surface area contributed by atoms with Gasteiger partial charge in [-0.15, -0.1) is 0 Å². The second-order valence-electron chi connectivity index (χ2n) is 6.92. The van der Waals surface area contributed by atoms with Crippen LogP contribution in [0.1, 0.15) is 52.6 Å². The summed E-state index contributed by atoms with van der Waals surface area (Å²) in [6, 6.07) is 10.8. The molecule has 0 saturated heterocycles. The maximum Gasteiger partial charge on any atom is 0.0715 e. The van der Waals surface area contributed by atoms with Gasteiger partial charge < -0.3 is 10.4 Å². The molecule has 2 N–H and O–H groups in total. The number of hydrogen-bond donors (Lipinski definition) is 2. The molecule has 0 saturated carbocycles. The fourth-order valence-electron chi connectivity index (χ4n) is 1.98. The van der Waals surface area contributed by atoms with Crippen molar-refractivity contribution in [1.82, 2.24) is 5.32 Å². The maximum absolute atomic E-state index is 9.85. The van der Waals surface area contributed by atoms with Crippen LogP contribution in [0.5, 0.6) is 0 Å². The van der Waals surface area contributed by atoms with E-state index >= 15 is 0 Å². The van der Waals surface area contributed by atoms with Gasteiger partial charge in [-0.1, -0.05) is 51.1 Å². The summed E-state index contributed by atoms with van der Waals surface area (Å²) >= 11 is 0. The van der Waals surface area contributed by atoms with Crippen LogP contribution in [0, 0.1) is 5.41 Å². The average molecular weight is 249 g/mol. The Morgan fingerprint density at radius 1 is 1.06 bits per heavy atom. The van der Waals surface area contributed by atoms with Gasteiger partial charge in [0, 0.05) is 12.6 Å². The fourth-order valence-corrected chi connectivity index (χ4v) is 1.98. The second kappa shape index (κ2) is 5.85. The summed E-state index contributed by atoms with van der Waals surface area (Å²) in [5.41, 5.74) is 0.870. The fraction of sp³-hybridized carbons (Fsp3) is 0.625. The highest BCUT2D eigenvalue weighted by molar-refractivity contribution is 5.19. The van der Waals surface area contributed by atoms with Crippen molar-refractivity contribution in [3.8, 4) is 0 Å². The van der Waals surface area contributed by atoms with Crippen LogP contribution in [0.3, 0.4) is 0 Å². The van der Waals surface area contributed by atoms with Crippen LogP contribution in [0.25, 0.3) is 0 Å². The van der Waals surface area contributed by atoms with E-state index in [4.69, 9.17) is 0 Å². The first-order chi connectivity index (χ1) is 8.17. The monoisotopic (exact) mass is 249 g/mol. The van der Waals surface area contributed by atoms with E-state index < -0.39 is 5.60 Å². The zero-order valence-corrected chi connectivity index (χ0v) is 12.3. The molecule has 0 fully saturated rings. The molecule has 0 heterocycles. The molecule has 0 aliphatic heterocycles. The minimum absolute atomic E-state index is 0.257. The van der Waals surface area contributed by atoms with Gasteiger partial charge >= 0.3 is 0 Å². The molecule has 0 aliphatic rings. The molecular weight excluding hydrogens is 222 g/mol. The summed E-state index contributed by atoms with van der Waals surface area (Å²) in [6.45, 7) is 11.0. The van der Waals surface area contributed by atoms with Gasteiger partial charge in [0.25, 0.3) is 0 Å². The molecule has 1 aromatic carbocycles. The number of aliphatic hydroxyl groups is 1. The molecule has 0 bridgehead atoms. The molecule has 1 atom stereocenters. The quantitative estimate of drug-likeness (QED) is 0.837. The van der Waals surface area contributed by atoms with Crippen molar-refractivity contribution in [2.24, 2.45) is 5.41 Å². The Labute approximate surface area is 111 Å². The van der Waals surface area contributed by atoms with Crippen LogP contribution in [0.4, 0.5) is 0 Å². The molecule has 0 amide bonds. The van der Waals surface area contributed by atoms with Crippen LogP contribution in [0.15, 0.2) is 30.3 Å². The van der Waals surface area contributed by atoms with E-state index in [1.54, 1.807) is 0 Å². The van der Waals surface area contributed by atoms with Gasteiger partial charge in [-0.25, -0.2) is 0 Å². The highest BCUT2D eigenvalue weighted by atomic mass is 16.3. The predicted molar refractivity (Wildman–Crippen MR) is 77.6 cm³/mol. The van der Waals surface area contributed by atoms with Crippen molar-refractivity contribution in [1.29, 1.82) is 0 Å². The van der Waals surface area contributed by atoms with Gasteiger partial charge in [0.1, 0.15) is 0 Å². The molecule has 18 heavy (non-hydrogen) atoms. The molecule has 1 rings (SSSR count). The van der Waals surface area contributed by atoms with Gasteiger partial charge in [0.15, 0.2) is 0 Å². The summed E-state index contributed by atoms with van der Waals surface area (Å²) in [7, 11) is 0. The number of rotatable bonds is 5. The Morgan fingerprint density at radius 3 is 2.06 bits per heavy atom. The van der Waals surface area contributed by atoms with E-state index in [1.807, 2.05) is 19.9 Å². The molecule has 2 nitrogen and oxygen atoms in total. The van der Waals surface area contributed by atoms with Crippen LogP contribution >= 0.6 is 0 Å². The van der Waals surface area contributed by atoms with Crippen LogP contribution < -0.4 is 5.32 Å². The highest BCUT2D eigenvalue weighted by Crippen LogP contribution is 2.29. The minimum atomic E-state index is -0.676. The van der Waals surface area contributed by atoms with Crippen molar-refractivity contribution < 1.29 is 5.11 Å². The van der Waals surface area contributed by atoms with Crippen LogP contribution in [0.2, 0.25) is 0 Å². The standard InChI is InChI=1S/C16H27NO/c1-15(2,3)11-14(17-12-16(4,5)18)13-9-7-6-8-10-13/h6-10,14,17-18H,11-12H2,1-5H3. The smallest absolute Gasteiger partial charge is 0.0715 e. The van der Waals surface area contributed by atoms with Crippen LogP contribution in [-0.4, -0.2) is 17.3 Å². The molecular formula is C16H27NO. The summed E-state index contributed by atoms with van der Waals surface area (Å²) in [5.74, 6) is 0. The minimum Gasteiger partial charge on any atom is -0.389 e. The van der Waals surface area contributed by atoms with E-state index in [1.165, 1.54) is 5.56 Å². The third kappa shape index (κ3) is 6.18. The Bertz CT molecular complexity index is 346. The van der Waals surface area contributed by atoms with E-state index in [0.717, 1.165) is 6.42 Å². The first kappa shape index (κ1) is 15.2. The summed E-state index contributed by atoms with van der Waals surface area (Å²) in [6.07, 6.45) is 1.05. The van der Waals surface area contributed by atoms with Crippen molar-refractivity contribution >= 4 is 0 Å². The van der Waals surface area contributed by atoms with Crippen molar-refractivity contribution in [3.05, 3.63) is 35.9 Å². The Hall–Kier alpha value is -0.860. The predicted octanol–water partition coefficient (Wildman–Crippen LogP) is 3.52. The van der Waals surface area contributed by atoms with Gasteiger partial charge in [-0.2, -0.15) is 0 Å². The molecule has 2 heteroatoms. The van der Waals surface area contributed by atoms with Gasteiger partial charge in [-0.05, 0) is 31.2 Å². The molecule has 0 aliphatic carbocycles. The van der Waals surface area contributed by atoms with Crippen molar-refractivity contribution in [2.45, 2.75) is 52.7 Å². The van der Waals surface area contributed by atoms with E-state index in [2.05, 4.69) is 50.4 Å². The van der Waals surface area contributed by atoms with E-state index in [0.29, 0.717) is 6.54 Å². The Kier molecular flexibility index (Phi) is 4.94. The van der Waals surface area contributed by atoms with Gasteiger partial charge in [0.2, 0.25) is 0 Å².